The summed E-state index contributed by atoms with van der Waals surface area (Å²) in [6.45, 7) is 0. The van der Waals surface area contributed by atoms with E-state index in [1.807, 2.05) is 0 Å². The van der Waals surface area contributed by atoms with E-state index in [4.69, 9.17) is 14.6 Å². The van der Waals surface area contributed by atoms with E-state index >= 15 is 0 Å². The SMILES string of the molecule is COC(=O)Cc1noc2ccc(B(O)O)cc12. The maximum atomic E-state index is 11.1. The highest BCUT2D eigenvalue weighted by Crippen LogP contribution is 2.17. The zero-order valence-electron chi connectivity index (χ0n) is 9.08. The van der Waals surface area contributed by atoms with E-state index < -0.39 is 13.1 Å². The zero-order chi connectivity index (χ0) is 12.4. The third-order valence-corrected chi connectivity index (χ3v) is 2.41. The zero-order valence-corrected chi connectivity index (χ0v) is 9.08. The number of carbonyl (C=O) groups excluding carboxylic acids is 1. The van der Waals surface area contributed by atoms with Crippen molar-refractivity contribution in [3.63, 3.8) is 0 Å². The molecule has 1 aromatic heterocycles. The molecule has 2 aromatic rings. The van der Waals surface area contributed by atoms with Crippen molar-refractivity contribution in [3.05, 3.63) is 23.9 Å². The average Bonchev–Trinajstić information content (AvgIpc) is 2.71. The molecule has 1 heterocycles. The molecule has 0 atom stereocenters. The van der Waals surface area contributed by atoms with Gasteiger partial charge in [0.25, 0.3) is 0 Å². The minimum absolute atomic E-state index is 0.0194. The van der Waals surface area contributed by atoms with Crippen LogP contribution < -0.4 is 5.46 Å². The number of hydrogen-bond donors (Lipinski definition) is 2. The van der Waals surface area contributed by atoms with Crippen molar-refractivity contribution in [2.45, 2.75) is 6.42 Å². The van der Waals surface area contributed by atoms with E-state index in [0.717, 1.165) is 0 Å². The Morgan fingerprint density at radius 2 is 2.29 bits per heavy atom. The third-order valence-electron chi connectivity index (χ3n) is 2.41. The monoisotopic (exact) mass is 235 g/mol. The van der Waals surface area contributed by atoms with E-state index in [0.29, 0.717) is 22.1 Å². The fraction of sp³-hybridized carbons (Fsp3) is 0.200. The van der Waals surface area contributed by atoms with Gasteiger partial charge >= 0.3 is 13.1 Å². The van der Waals surface area contributed by atoms with Gasteiger partial charge in [0.15, 0.2) is 5.58 Å². The summed E-state index contributed by atoms with van der Waals surface area (Å²) in [6, 6.07) is 4.60. The molecule has 1 aromatic carbocycles. The van der Waals surface area contributed by atoms with Crippen LogP contribution in [-0.2, 0) is 16.0 Å². The molecule has 88 valence electrons. The first-order chi connectivity index (χ1) is 8.11. The molecule has 0 bridgehead atoms. The van der Waals surface area contributed by atoms with E-state index in [-0.39, 0.29) is 6.42 Å². The first-order valence-electron chi connectivity index (χ1n) is 4.93. The van der Waals surface area contributed by atoms with Gasteiger partial charge in [-0.2, -0.15) is 0 Å². The van der Waals surface area contributed by atoms with Crippen molar-refractivity contribution in [1.29, 1.82) is 0 Å². The number of esters is 1. The number of rotatable bonds is 3. The van der Waals surface area contributed by atoms with E-state index in [9.17, 15) is 4.79 Å². The molecular formula is C10H10BNO5. The lowest BCUT2D eigenvalue weighted by atomic mass is 9.80. The van der Waals surface area contributed by atoms with Gasteiger partial charge in [0.2, 0.25) is 0 Å². The summed E-state index contributed by atoms with van der Waals surface area (Å²) >= 11 is 0. The molecule has 0 unspecified atom stereocenters. The number of nitrogens with zero attached hydrogens (tertiary/aromatic N) is 1. The second-order valence-electron chi connectivity index (χ2n) is 3.51. The van der Waals surface area contributed by atoms with Gasteiger partial charge in [-0.1, -0.05) is 11.2 Å². The summed E-state index contributed by atoms with van der Waals surface area (Å²) in [4.78, 5) is 11.1. The lowest BCUT2D eigenvalue weighted by Crippen LogP contribution is -2.29. The summed E-state index contributed by atoms with van der Waals surface area (Å²) in [6.07, 6.45) is -0.0194. The molecule has 0 aliphatic carbocycles. The second kappa shape index (κ2) is 4.56. The predicted octanol–water partition coefficient (Wildman–Crippen LogP) is -0.777. The van der Waals surface area contributed by atoms with Crippen LogP contribution in [0.15, 0.2) is 22.7 Å². The van der Waals surface area contributed by atoms with Gasteiger partial charge in [0, 0.05) is 5.39 Å². The number of ether oxygens (including phenoxy) is 1. The van der Waals surface area contributed by atoms with E-state index in [1.165, 1.54) is 19.2 Å². The normalized spacial score (nSPS) is 10.5. The van der Waals surface area contributed by atoms with Crippen LogP contribution in [0.5, 0.6) is 0 Å². The van der Waals surface area contributed by atoms with Gasteiger partial charge in [-0.05, 0) is 17.6 Å². The molecule has 0 aliphatic rings. The van der Waals surface area contributed by atoms with Crippen LogP contribution in [0.25, 0.3) is 11.0 Å². The number of benzene rings is 1. The maximum absolute atomic E-state index is 11.1. The lowest BCUT2D eigenvalue weighted by Gasteiger charge is -1.99. The summed E-state index contributed by atoms with van der Waals surface area (Å²) in [5.74, 6) is -0.435. The predicted molar refractivity (Wildman–Crippen MR) is 59.6 cm³/mol. The largest absolute Gasteiger partial charge is 0.488 e. The molecule has 6 nitrogen and oxygen atoms in total. The first-order valence-corrected chi connectivity index (χ1v) is 4.93. The van der Waals surface area contributed by atoms with Crippen LogP contribution in [0.2, 0.25) is 0 Å². The van der Waals surface area contributed by atoms with Crippen molar-refractivity contribution < 1.29 is 24.1 Å². The van der Waals surface area contributed by atoms with Gasteiger partial charge in [0.05, 0.1) is 13.5 Å². The van der Waals surface area contributed by atoms with Crippen LogP contribution >= 0.6 is 0 Å². The number of hydrogen-bond acceptors (Lipinski definition) is 6. The fourth-order valence-corrected chi connectivity index (χ4v) is 1.50. The number of methoxy groups -OCH3 is 1. The van der Waals surface area contributed by atoms with Crippen molar-refractivity contribution in [2.24, 2.45) is 0 Å². The van der Waals surface area contributed by atoms with Crippen LogP contribution in [-0.4, -0.2) is 35.4 Å². The van der Waals surface area contributed by atoms with Crippen molar-refractivity contribution in [1.82, 2.24) is 5.16 Å². The van der Waals surface area contributed by atoms with Gasteiger partial charge in [0.1, 0.15) is 5.69 Å². The summed E-state index contributed by atoms with van der Waals surface area (Å²) in [7, 11) is -0.284. The molecule has 0 saturated heterocycles. The Bertz CT molecular complexity index is 551. The fourth-order valence-electron chi connectivity index (χ4n) is 1.50. The summed E-state index contributed by atoms with van der Waals surface area (Å²) in [5, 5.41) is 22.4. The number of carbonyl (C=O) groups is 1. The Morgan fingerprint density at radius 1 is 1.53 bits per heavy atom. The number of aromatic nitrogens is 1. The Morgan fingerprint density at radius 3 is 2.94 bits per heavy atom. The molecule has 17 heavy (non-hydrogen) atoms. The molecule has 2 rings (SSSR count). The Hall–Kier alpha value is -1.86. The van der Waals surface area contributed by atoms with E-state index in [2.05, 4.69) is 9.89 Å². The Labute approximate surface area is 96.9 Å². The molecule has 0 saturated carbocycles. The van der Waals surface area contributed by atoms with Crippen molar-refractivity contribution in [2.75, 3.05) is 7.11 Å². The highest BCUT2D eigenvalue weighted by molar-refractivity contribution is 6.58. The summed E-state index contributed by atoms with van der Waals surface area (Å²) in [5.41, 5.74) is 1.20. The lowest BCUT2D eigenvalue weighted by molar-refractivity contribution is -0.139. The maximum Gasteiger partial charge on any atom is 0.488 e. The molecule has 0 spiro atoms. The van der Waals surface area contributed by atoms with Gasteiger partial charge in [-0.25, -0.2) is 0 Å². The molecule has 0 radical (unpaired) electrons. The second-order valence-corrected chi connectivity index (χ2v) is 3.51. The molecular weight excluding hydrogens is 225 g/mol. The minimum Gasteiger partial charge on any atom is -0.469 e. The van der Waals surface area contributed by atoms with E-state index in [1.54, 1.807) is 6.07 Å². The van der Waals surface area contributed by atoms with Gasteiger partial charge in [-0.15, -0.1) is 0 Å². The third kappa shape index (κ3) is 2.30. The average molecular weight is 235 g/mol. The first kappa shape index (κ1) is 11.6. The molecule has 2 N–H and O–H groups in total. The van der Waals surface area contributed by atoms with Crippen molar-refractivity contribution in [3.8, 4) is 0 Å². The number of fused-ring (bicyclic) bond motifs is 1. The minimum atomic E-state index is -1.57. The standard InChI is InChI=1S/C10H10BNO5/c1-16-10(13)5-8-7-4-6(11(14)15)2-3-9(7)17-12-8/h2-4,14-15H,5H2,1H3. The van der Waals surface area contributed by atoms with Gasteiger partial charge < -0.3 is 19.3 Å². The Kier molecular flexibility index (Phi) is 3.12. The molecule has 0 fully saturated rings. The highest BCUT2D eigenvalue weighted by atomic mass is 16.5. The molecule has 0 aliphatic heterocycles. The molecule has 0 amide bonds. The summed E-state index contributed by atoms with van der Waals surface area (Å²) < 4.78 is 9.54. The van der Waals surface area contributed by atoms with Crippen molar-refractivity contribution >= 4 is 29.5 Å². The Balaban J connectivity index is 2.43. The quantitative estimate of drug-likeness (QED) is 0.535. The highest BCUT2D eigenvalue weighted by Gasteiger charge is 2.16. The smallest absolute Gasteiger partial charge is 0.469 e. The topological polar surface area (TPSA) is 92.8 Å². The van der Waals surface area contributed by atoms with Gasteiger partial charge in [-0.3, -0.25) is 4.79 Å². The molecule has 7 heteroatoms. The van der Waals surface area contributed by atoms with Crippen LogP contribution in [0.3, 0.4) is 0 Å². The van der Waals surface area contributed by atoms with Crippen LogP contribution in [0, 0.1) is 0 Å². The van der Waals surface area contributed by atoms with Crippen LogP contribution in [0.4, 0.5) is 0 Å². The van der Waals surface area contributed by atoms with Crippen LogP contribution in [0.1, 0.15) is 5.69 Å².